The Bertz CT molecular complexity index is 578. The predicted molar refractivity (Wildman–Crippen MR) is 64.3 cm³/mol. The van der Waals surface area contributed by atoms with E-state index in [1.807, 2.05) is 0 Å². The van der Waals surface area contributed by atoms with Crippen molar-refractivity contribution in [3.05, 3.63) is 23.0 Å². The first-order chi connectivity index (χ1) is 8.99. The van der Waals surface area contributed by atoms with Gasteiger partial charge in [0.05, 0.1) is 18.9 Å². The molecule has 0 aliphatic heterocycles. The van der Waals surface area contributed by atoms with Crippen molar-refractivity contribution in [3.8, 4) is 5.75 Å². The molecule has 1 aromatic heterocycles. The molecule has 0 amide bonds. The Hall–Kier alpha value is -0.830. The van der Waals surface area contributed by atoms with Crippen LogP contribution in [0.1, 0.15) is 16.8 Å². The normalized spacial score (nSPS) is 12.7. The summed E-state index contributed by atoms with van der Waals surface area (Å²) in [5.74, 6) is -0.398. The van der Waals surface area contributed by atoms with Gasteiger partial charge in [-0.15, -0.1) is 0 Å². The van der Waals surface area contributed by atoms with Crippen molar-refractivity contribution in [1.29, 1.82) is 0 Å². The quantitative estimate of drug-likeness (QED) is 0.458. The summed E-state index contributed by atoms with van der Waals surface area (Å²) in [6.07, 6.45) is 1.16. The third-order valence-electron chi connectivity index (χ3n) is 2.20. The van der Waals surface area contributed by atoms with Gasteiger partial charge in [0.2, 0.25) is 0 Å². The number of aromatic nitrogens is 1. The van der Waals surface area contributed by atoms with Gasteiger partial charge >= 0.3 is 15.6 Å². The van der Waals surface area contributed by atoms with Crippen molar-refractivity contribution in [2.45, 2.75) is 20.1 Å². The lowest BCUT2D eigenvalue weighted by molar-refractivity contribution is 0.175. The van der Waals surface area contributed by atoms with Gasteiger partial charge in [0.25, 0.3) is 0 Å². The summed E-state index contributed by atoms with van der Waals surface area (Å²) in [6.45, 7) is 0.161. The first-order valence-corrected chi connectivity index (χ1v) is 8.12. The summed E-state index contributed by atoms with van der Waals surface area (Å²) >= 11 is 0. The van der Waals surface area contributed by atoms with Crippen LogP contribution < -0.4 is 0 Å². The molecule has 0 aliphatic rings. The van der Waals surface area contributed by atoms with Crippen LogP contribution in [-0.2, 0) is 31.4 Å². The van der Waals surface area contributed by atoms with Gasteiger partial charge in [-0.25, -0.2) is 9.13 Å². The monoisotopic (exact) mass is 329 g/mol. The lowest BCUT2D eigenvalue weighted by Crippen LogP contribution is -2.02. The molecule has 1 aromatic rings. The van der Waals surface area contributed by atoms with Gasteiger partial charge in [-0.3, -0.25) is 14.0 Å². The molecule has 0 atom stereocenters. The third-order valence-corrected chi connectivity index (χ3v) is 3.13. The van der Waals surface area contributed by atoms with Gasteiger partial charge in [-0.2, -0.15) is 0 Å². The molecule has 0 saturated heterocycles. The number of phosphoric ester groups is 2. The minimum atomic E-state index is -4.76. The van der Waals surface area contributed by atoms with Crippen LogP contribution in [0.5, 0.6) is 5.75 Å². The maximum atomic E-state index is 10.6. The number of hydrogen-bond acceptors (Lipinski definition) is 6. The highest BCUT2D eigenvalue weighted by atomic mass is 31.2. The summed E-state index contributed by atoms with van der Waals surface area (Å²) in [5.41, 5.74) is 0.119. The van der Waals surface area contributed by atoms with Crippen LogP contribution in [0.25, 0.3) is 0 Å². The van der Waals surface area contributed by atoms with Crippen molar-refractivity contribution < 1.29 is 42.9 Å². The van der Waals surface area contributed by atoms with E-state index in [1.54, 1.807) is 0 Å². The Kier molecular flexibility index (Phi) is 5.42. The molecular weight excluding hydrogens is 316 g/mol. The Morgan fingerprint density at radius 1 is 1.10 bits per heavy atom. The molecule has 114 valence electrons. The highest BCUT2D eigenvalue weighted by Gasteiger charge is 2.21. The predicted octanol–water partition coefficient (Wildman–Crippen LogP) is 0.314. The van der Waals surface area contributed by atoms with Gasteiger partial charge in [-0.1, -0.05) is 0 Å². The molecule has 0 fully saturated rings. The molecule has 12 heteroatoms. The second-order valence-electron chi connectivity index (χ2n) is 3.72. The van der Waals surface area contributed by atoms with E-state index in [1.165, 1.54) is 6.92 Å². The topological polar surface area (TPSA) is 167 Å². The van der Waals surface area contributed by atoms with E-state index in [0.29, 0.717) is 0 Å². The molecule has 1 heterocycles. The second kappa shape index (κ2) is 6.30. The fraction of sp³-hybridized carbons (Fsp3) is 0.375. The van der Waals surface area contributed by atoms with E-state index in [9.17, 15) is 14.2 Å². The van der Waals surface area contributed by atoms with E-state index >= 15 is 0 Å². The third kappa shape index (κ3) is 5.66. The van der Waals surface area contributed by atoms with Crippen molar-refractivity contribution in [3.63, 3.8) is 0 Å². The Morgan fingerprint density at radius 2 is 1.60 bits per heavy atom. The maximum Gasteiger partial charge on any atom is 0.469 e. The molecule has 0 bridgehead atoms. The van der Waals surface area contributed by atoms with Gasteiger partial charge in [0.15, 0.2) is 0 Å². The molecule has 0 saturated carbocycles. The van der Waals surface area contributed by atoms with Crippen LogP contribution in [0.3, 0.4) is 0 Å². The largest absolute Gasteiger partial charge is 0.506 e. The standard InChI is InChI=1S/C8H13NO9P2/c1-5-8(10)7(4-18-20(14,15)16)6(2-9-5)3-17-19(11,12)13/h2,10H,3-4H2,1H3,(H2,11,12,13)(H2,14,15,16). The molecule has 0 unspecified atom stereocenters. The molecular formula is C8H13NO9P2. The summed E-state index contributed by atoms with van der Waals surface area (Å²) in [4.78, 5) is 38.2. The molecule has 0 aromatic carbocycles. The van der Waals surface area contributed by atoms with E-state index < -0.39 is 34.6 Å². The molecule has 1 rings (SSSR count). The van der Waals surface area contributed by atoms with Crippen LogP contribution in [0.4, 0.5) is 0 Å². The van der Waals surface area contributed by atoms with E-state index in [4.69, 9.17) is 19.6 Å². The van der Waals surface area contributed by atoms with Crippen LogP contribution in [0.2, 0.25) is 0 Å². The molecule has 20 heavy (non-hydrogen) atoms. The lowest BCUT2D eigenvalue weighted by Gasteiger charge is -2.14. The summed E-state index contributed by atoms with van der Waals surface area (Å²) in [5, 5.41) is 9.76. The molecule has 0 aliphatic carbocycles. The zero-order valence-electron chi connectivity index (χ0n) is 10.2. The smallest absolute Gasteiger partial charge is 0.469 e. The van der Waals surface area contributed by atoms with Crippen LogP contribution in [0, 0.1) is 6.92 Å². The SMILES string of the molecule is Cc1ncc(COP(=O)(O)O)c(COP(=O)(O)O)c1O. The summed E-state index contributed by atoms with van der Waals surface area (Å²) in [7, 11) is -9.50. The van der Waals surface area contributed by atoms with Gasteiger partial charge in [-0.05, 0) is 6.92 Å². The molecule has 0 radical (unpaired) electrons. The fourth-order valence-electron chi connectivity index (χ4n) is 1.27. The first kappa shape index (κ1) is 17.2. The lowest BCUT2D eigenvalue weighted by atomic mass is 10.1. The number of nitrogens with zero attached hydrogens (tertiary/aromatic N) is 1. The Labute approximate surface area is 113 Å². The van der Waals surface area contributed by atoms with Gasteiger partial charge in [0.1, 0.15) is 5.75 Å². The Morgan fingerprint density at radius 3 is 2.10 bits per heavy atom. The number of hydrogen-bond donors (Lipinski definition) is 5. The Balaban J connectivity index is 3.02. The van der Waals surface area contributed by atoms with Gasteiger partial charge in [0, 0.05) is 17.3 Å². The van der Waals surface area contributed by atoms with Crippen LogP contribution >= 0.6 is 15.6 Å². The van der Waals surface area contributed by atoms with Crippen molar-refractivity contribution in [2.24, 2.45) is 0 Å². The van der Waals surface area contributed by atoms with Crippen molar-refractivity contribution in [1.82, 2.24) is 4.98 Å². The molecule has 5 N–H and O–H groups in total. The highest BCUT2D eigenvalue weighted by Crippen LogP contribution is 2.40. The fourth-order valence-corrected chi connectivity index (χ4v) is 1.88. The molecule has 10 nitrogen and oxygen atoms in total. The van der Waals surface area contributed by atoms with Crippen molar-refractivity contribution >= 4 is 15.6 Å². The van der Waals surface area contributed by atoms with E-state index in [0.717, 1.165) is 6.20 Å². The number of aryl methyl sites for hydroxylation is 1. The van der Waals surface area contributed by atoms with Crippen LogP contribution in [0.15, 0.2) is 6.20 Å². The van der Waals surface area contributed by atoms with Crippen LogP contribution in [-0.4, -0.2) is 29.7 Å². The highest BCUT2D eigenvalue weighted by molar-refractivity contribution is 7.46. The summed E-state index contributed by atoms with van der Waals surface area (Å²) < 4.78 is 29.8. The minimum absolute atomic E-state index is 0.0323. The zero-order valence-corrected chi connectivity index (χ0v) is 12.0. The number of pyridine rings is 1. The average Bonchev–Trinajstić information content (AvgIpc) is 2.27. The summed E-state index contributed by atoms with van der Waals surface area (Å²) in [6, 6.07) is 0. The number of rotatable bonds is 6. The first-order valence-electron chi connectivity index (χ1n) is 5.06. The number of phosphoric acid groups is 2. The second-order valence-corrected chi connectivity index (χ2v) is 6.20. The van der Waals surface area contributed by atoms with Gasteiger partial charge < -0.3 is 24.7 Å². The minimum Gasteiger partial charge on any atom is -0.506 e. The number of aromatic hydroxyl groups is 1. The zero-order chi connectivity index (χ0) is 15.6. The van der Waals surface area contributed by atoms with Crippen molar-refractivity contribution in [2.75, 3.05) is 0 Å². The molecule has 0 spiro atoms. The van der Waals surface area contributed by atoms with E-state index in [-0.39, 0.29) is 16.8 Å². The maximum absolute atomic E-state index is 10.6. The van der Waals surface area contributed by atoms with E-state index in [2.05, 4.69) is 14.0 Å². The average molecular weight is 329 g/mol.